The van der Waals surface area contributed by atoms with E-state index in [1.165, 1.54) is 6.07 Å². The van der Waals surface area contributed by atoms with E-state index in [2.05, 4.69) is 10.0 Å². The molecule has 0 bridgehead atoms. The molecule has 2 N–H and O–H groups in total. The molecule has 0 aliphatic rings. The number of hydrogen-bond donors (Lipinski definition) is 2. The van der Waals surface area contributed by atoms with Crippen LogP contribution in [0.15, 0.2) is 42.5 Å². The molecule has 0 atom stereocenters. The van der Waals surface area contributed by atoms with E-state index in [1.54, 1.807) is 45.0 Å². The average molecular weight is 386 g/mol. The maximum atomic E-state index is 12.7. The number of alkyl halides is 3. The molecule has 0 saturated carbocycles. The van der Waals surface area contributed by atoms with Crippen molar-refractivity contribution < 1.29 is 21.6 Å². The van der Waals surface area contributed by atoms with Crippen LogP contribution in [0.3, 0.4) is 0 Å². The normalized spacial score (nSPS) is 12.3. The van der Waals surface area contributed by atoms with Crippen LogP contribution in [0.5, 0.6) is 0 Å². The van der Waals surface area contributed by atoms with Gasteiger partial charge in [0.25, 0.3) is 0 Å². The zero-order valence-corrected chi connectivity index (χ0v) is 15.5. The highest BCUT2D eigenvalue weighted by Crippen LogP contribution is 2.31. The second kappa shape index (κ2) is 7.57. The van der Waals surface area contributed by atoms with Crippen LogP contribution in [0.2, 0.25) is 0 Å². The van der Waals surface area contributed by atoms with E-state index < -0.39 is 27.0 Å². The molecule has 0 amide bonds. The molecule has 0 unspecified atom stereocenters. The maximum Gasteiger partial charge on any atom is 0.416 e. The summed E-state index contributed by atoms with van der Waals surface area (Å²) in [6.07, 6.45) is -4.36. The van der Waals surface area contributed by atoms with E-state index in [9.17, 15) is 21.6 Å². The molecule has 0 aliphatic heterocycles. The molecule has 8 heteroatoms. The highest BCUT2D eigenvalue weighted by molar-refractivity contribution is 7.93. The zero-order chi connectivity index (χ0) is 19.5. The van der Waals surface area contributed by atoms with Crippen molar-refractivity contribution in [2.45, 2.75) is 38.7 Å². The number of nitrogens with one attached hydrogen (secondary N) is 2. The fourth-order valence-corrected chi connectivity index (χ4v) is 2.91. The number of hydrogen-bond acceptors (Lipinski definition) is 3. The molecule has 0 saturated heterocycles. The highest BCUT2D eigenvalue weighted by Gasteiger charge is 2.30. The molecule has 2 aromatic rings. The molecule has 142 valence electrons. The third-order valence-corrected chi connectivity index (χ3v) is 5.63. The van der Waals surface area contributed by atoms with Gasteiger partial charge in [-0.3, -0.25) is 4.72 Å². The summed E-state index contributed by atoms with van der Waals surface area (Å²) >= 11 is 0. The lowest BCUT2D eigenvalue weighted by atomic mass is 10.1. The van der Waals surface area contributed by atoms with Crippen LogP contribution in [0.1, 0.15) is 30.5 Å². The Labute approximate surface area is 151 Å². The second-order valence-electron chi connectivity index (χ2n) is 6.27. The van der Waals surface area contributed by atoms with Crippen LogP contribution in [0, 0.1) is 6.92 Å². The topological polar surface area (TPSA) is 58.2 Å². The van der Waals surface area contributed by atoms with E-state index in [4.69, 9.17) is 0 Å². The van der Waals surface area contributed by atoms with Crippen molar-refractivity contribution in [2.75, 3.05) is 10.0 Å². The predicted molar refractivity (Wildman–Crippen MR) is 97.6 cm³/mol. The Balaban J connectivity index is 2.02. The Morgan fingerprint density at radius 3 is 2.15 bits per heavy atom. The van der Waals surface area contributed by atoms with Gasteiger partial charge in [0, 0.05) is 17.9 Å². The fourth-order valence-electron chi connectivity index (χ4n) is 2.21. The number of rotatable bonds is 6. The van der Waals surface area contributed by atoms with E-state index >= 15 is 0 Å². The Morgan fingerprint density at radius 2 is 1.65 bits per heavy atom. The maximum absolute atomic E-state index is 12.7. The van der Waals surface area contributed by atoms with Gasteiger partial charge in [-0.2, -0.15) is 13.2 Å². The number of sulfonamides is 1. The summed E-state index contributed by atoms with van der Waals surface area (Å²) in [5.41, 5.74) is 1.77. The van der Waals surface area contributed by atoms with Crippen LogP contribution >= 0.6 is 0 Å². The molecule has 26 heavy (non-hydrogen) atoms. The van der Waals surface area contributed by atoms with Crippen molar-refractivity contribution in [2.24, 2.45) is 0 Å². The number of benzene rings is 2. The molecule has 4 nitrogen and oxygen atoms in total. The summed E-state index contributed by atoms with van der Waals surface area (Å²) in [6, 6.07) is 10.4. The lowest BCUT2D eigenvalue weighted by Crippen LogP contribution is -2.22. The number of aryl methyl sites for hydroxylation is 1. The lowest BCUT2D eigenvalue weighted by molar-refractivity contribution is -0.137. The Morgan fingerprint density at radius 1 is 1.04 bits per heavy atom. The summed E-state index contributed by atoms with van der Waals surface area (Å²) < 4.78 is 64.2. The van der Waals surface area contributed by atoms with Crippen molar-refractivity contribution in [1.29, 1.82) is 0 Å². The fraction of sp³-hybridized carbons (Fsp3) is 0.333. The monoisotopic (exact) mass is 386 g/mol. The molecule has 2 rings (SSSR count). The Hall–Kier alpha value is -2.22. The molecule has 0 radical (unpaired) electrons. The van der Waals surface area contributed by atoms with E-state index in [0.717, 1.165) is 17.7 Å². The molecular formula is C18H21F3N2O2S. The first-order valence-corrected chi connectivity index (χ1v) is 9.56. The Kier molecular flexibility index (Phi) is 5.85. The minimum Gasteiger partial charge on any atom is -0.381 e. The van der Waals surface area contributed by atoms with E-state index in [-0.39, 0.29) is 0 Å². The van der Waals surface area contributed by atoms with Gasteiger partial charge in [0.05, 0.1) is 10.8 Å². The van der Waals surface area contributed by atoms with Crippen LogP contribution in [-0.4, -0.2) is 13.7 Å². The first-order chi connectivity index (χ1) is 12.0. The van der Waals surface area contributed by atoms with Gasteiger partial charge in [-0.05, 0) is 62.2 Å². The van der Waals surface area contributed by atoms with Crippen LogP contribution in [0.4, 0.5) is 24.5 Å². The molecule has 0 aromatic heterocycles. The van der Waals surface area contributed by atoms with Gasteiger partial charge in [0.15, 0.2) is 0 Å². The lowest BCUT2D eigenvalue weighted by Gasteiger charge is -2.14. The van der Waals surface area contributed by atoms with Crippen molar-refractivity contribution in [1.82, 2.24) is 0 Å². The number of halogens is 3. The molecule has 0 heterocycles. The van der Waals surface area contributed by atoms with Crippen LogP contribution in [0.25, 0.3) is 0 Å². The van der Waals surface area contributed by atoms with Gasteiger partial charge in [0.2, 0.25) is 10.0 Å². The standard InChI is InChI=1S/C18H21F3N2O2S/c1-12(2)26(24,25)23-16-7-4-14(5-8-16)11-22-17-9-6-15(10-13(17)3)18(19,20)21/h4-10,12,22-23H,11H2,1-3H3. The highest BCUT2D eigenvalue weighted by atomic mass is 32.2. The van der Waals surface area contributed by atoms with Crippen molar-refractivity contribution in [3.63, 3.8) is 0 Å². The first kappa shape index (κ1) is 20.1. The van der Waals surface area contributed by atoms with Crippen molar-refractivity contribution >= 4 is 21.4 Å². The minimum atomic E-state index is -4.36. The van der Waals surface area contributed by atoms with Gasteiger partial charge in [-0.1, -0.05) is 12.1 Å². The van der Waals surface area contributed by atoms with Crippen LogP contribution < -0.4 is 10.0 Å². The summed E-state index contributed by atoms with van der Waals surface area (Å²) in [6.45, 7) is 5.20. The van der Waals surface area contributed by atoms with E-state index in [1.807, 2.05) is 0 Å². The van der Waals surface area contributed by atoms with Gasteiger partial charge in [0.1, 0.15) is 0 Å². The quantitative estimate of drug-likeness (QED) is 0.751. The molecule has 0 aliphatic carbocycles. The molecule has 2 aromatic carbocycles. The Bertz CT molecular complexity index is 861. The molecular weight excluding hydrogens is 365 g/mol. The average Bonchev–Trinajstić information content (AvgIpc) is 2.53. The van der Waals surface area contributed by atoms with Gasteiger partial charge in [-0.15, -0.1) is 0 Å². The summed E-state index contributed by atoms with van der Waals surface area (Å²) in [4.78, 5) is 0. The second-order valence-corrected chi connectivity index (χ2v) is 8.51. The number of anilines is 2. The largest absolute Gasteiger partial charge is 0.416 e. The van der Waals surface area contributed by atoms with Crippen LogP contribution in [-0.2, 0) is 22.7 Å². The minimum absolute atomic E-state index is 0.406. The van der Waals surface area contributed by atoms with Gasteiger partial charge in [-0.25, -0.2) is 8.42 Å². The molecule has 0 fully saturated rings. The first-order valence-electron chi connectivity index (χ1n) is 8.01. The van der Waals surface area contributed by atoms with E-state index in [0.29, 0.717) is 23.5 Å². The van der Waals surface area contributed by atoms with Crippen molar-refractivity contribution in [3.8, 4) is 0 Å². The van der Waals surface area contributed by atoms with Gasteiger partial charge >= 0.3 is 6.18 Å². The smallest absolute Gasteiger partial charge is 0.381 e. The summed E-state index contributed by atoms with van der Waals surface area (Å²) in [5, 5.41) is 2.55. The third kappa shape index (κ3) is 5.14. The predicted octanol–water partition coefficient (Wildman–Crippen LogP) is 4.78. The summed E-state index contributed by atoms with van der Waals surface area (Å²) in [5.74, 6) is 0. The molecule has 0 spiro atoms. The third-order valence-electron chi connectivity index (χ3n) is 3.87. The summed E-state index contributed by atoms with van der Waals surface area (Å²) in [7, 11) is -3.40. The zero-order valence-electron chi connectivity index (χ0n) is 14.7. The van der Waals surface area contributed by atoms with Crippen molar-refractivity contribution in [3.05, 3.63) is 59.2 Å². The SMILES string of the molecule is Cc1cc(C(F)(F)F)ccc1NCc1ccc(NS(=O)(=O)C(C)C)cc1. The van der Waals surface area contributed by atoms with Gasteiger partial charge < -0.3 is 5.32 Å².